The first kappa shape index (κ1) is 14.7. The number of thiophene rings is 1. The zero-order valence-corrected chi connectivity index (χ0v) is 13.8. The van der Waals surface area contributed by atoms with E-state index in [1.165, 1.54) is 36.1 Å². The molecule has 0 bridgehead atoms. The van der Waals surface area contributed by atoms with E-state index in [-0.39, 0.29) is 0 Å². The van der Waals surface area contributed by atoms with Crippen LogP contribution in [0.5, 0.6) is 0 Å². The third kappa shape index (κ3) is 2.90. The summed E-state index contributed by atoms with van der Waals surface area (Å²) in [5, 5.41) is 3.77. The maximum atomic E-state index is 6.10. The Bertz CT molecular complexity index is 390. The predicted molar refractivity (Wildman–Crippen MR) is 85.2 cm³/mol. The van der Waals surface area contributed by atoms with E-state index in [2.05, 4.69) is 31.5 Å². The van der Waals surface area contributed by atoms with Gasteiger partial charge < -0.3 is 5.32 Å². The second-order valence-corrected chi connectivity index (χ2v) is 8.04. The Morgan fingerprint density at radius 1 is 1.50 bits per heavy atom. The standard InChI is InChI=1S/C14H22ClNS2/c1-4-14(5-2,17-3)9-16-11-6-7-12-10(11)8-13(15)18-12/h8,11,16H,4-7,9H2,1-3H3. The highest BCUT2D eigenvalue weighted by molar-refractivity contribution is 8.00. The molecular formula is C14H22ClNS2. The largest absolute Gasteiger partial charge is 0.309 e. The van der Waals surface area contributed by atoms with E-state index in [9.17, 15) is 0 Å². The lowest BCUT2D eigenvalue weighted by Crippen LogP contribution is -2.37. The van der Waals surface area contributed by atoms with Crippen molar-refractivity contribution >= 4 is 34.7 Å². The molecule has 0 radical (unpaired) electrons. The quantitative estimate of drug-likeness (QED) is 0.802. The van der Waals surface area contributed by atoms with Crippen LogP contribution in [0.4, 0.5) is 0 Å². The normalized spacial score (nSPS) is 19.2. The number of hydrogen-bond acceptors (Lipinski definition) is 3. The first-order valence-electron chi connectivity index (χ1n) is 6.70. The molecule has 1 heterocycles. The molecule has 0 spiro atoms. The zero-order valence-electron chi connectivity index (χ0n) is 11.4. The summed E-state index contributed by atoms with van der Waals surface area (Å²) in [5.74, 6) is 0. The van der Waals surface area contributed by atoms with Crippen molar-refractivity contribution < 1.29 is 0 Å². The van der Waals surface area contributed by atoms with Gasteiger partial charge in [-0.3, -0.25) is 0 Å². The van der Waals surface area contributed by atoms with E-state index in [1.807, 2.05) is 11.8 Å². The van der Waals surface area contributed by atoms with Crippen LogP contribution >= 0.6 is 34.7 Å². The monoisotopic (exact) mass is 303 g/mol. The molecule has 102 valence electrons. The van der Waals surface area contributed by atoms with E-state index in [1.54, 1.807) is 11.3 Å². The molecule has 0 amide bonds. The van der Waals surface area contributed by atoms with Gasteiger partial charge in [-0.2, -0.15) is 11.8 Å². The van der Waals surface area contributed by atoms with Crippen molar-refractivity contribution in [2.75, 3.05) is 12.8 Å². The van der Waals surface area contributed by atoms with Crippen molar-refractivity contribution in [3.63, 3.8) is 0 Å². The molecule has 2 rings (SSSR count). The van der Waals surface area contributed by atoms with Crippen LogP contribution in [0.25, 0.3) is 0 Å². The molecule has 0 aromatic carbocycles. The minimum absolute atomic E-state index is 0.391. The molecule has 1 aliphatic carbocycles. The molecule has 1 N–H and O–H groups in total. The molecule has 0 aliphatic heterocycles. The van der Waals surface area contributed by atoms with Crippen molar-refractivity contribution in [2.45, 2.75) is 50.3 Å². The van der Waals surface area contributed by atoms with Gasteiger partial charge in [-0.25, -0.2) is 0 Å². The molecule has 0 fully saturated rings. The van der Waals surface area contributed by atoms with Gasteiger partial charge in [-0.05, 0) is 43.6 Å². The van der Waals surface area contributed by atoms with E-state index in [0.717, 1.165) is 10.9 Å². The first-order chi connectivity index (χ1) is 8.64. The summed E-state index contributed by atoms with van der Waals surface area (Å²) in [6, 6.07) is 2.68. The Morgan fingerprint density at radius 3 is 2.83 bits per heavy atom. The van der Waals surface area contributed by atoms with Crippen molar-refractivity contribution in [3.8, 4) is 0 Å². The third-order valence-electron chi connectivity index (χ3n) is 4.24. The number of rotatable bonds is 6. The van der Waals surface area contributed by atoms with Gasteiger partial charge in [0.15, 0.2) is 0 Å². The highest BCUT2D eigenvalue weighted by Crippen LogP contribution is 2.40. The van der Waals surface area contributed by atoms with Crippen LogP contribution in [-0.4, -0.2) is 17.5 Å². The average molecular weight is 304 g/mol. The van der Waals surface area contributed by atoms with E-state index < -0.39 is 0 Å². The summed E-state index contributed by atoms with van der Waals surface area (Å²) < 4.78 is 1.33. The number of nitrogens with one attached hydrogen (secondary N) is 1. The van der Waals surface area contributed by atoms with Crippen LogP contribution < -0.4 is 5.32 Å². The SMILES string of the molecule is CCC(CC)(CNC1CCc2sc(Cl)cc21)SC. The molecule has 1 aromatic heterocycles. The number of hydrogen-bond donors (Lipinski definition) is 1. The summed E-state index contributed by atoms with van der Waals surface area (Å²) in [7, 11) is 0. The number of thioether (sulfide) groups is 1. The van der Waals surface area contributed by atoms with Crippen LogP contribution in [-0.2, 0) is 6.42 Å². The van der Waals surface area contributed by atoms with Crippen LogP contribution in [0.15, 0.2) is 6.07 Å². The number of halogens is 1. The minimum Gasteiger partial charge on any atom is -0.309 e. The molecule has 1 atom stereocenters. The molecule has 1 aromatic rings. The molecule has 4 heteroatoms. The maximum Gasteiger partial charge on any atom is 0.0934 e. The topological polar surface area (TPSA) is 12.0 Å². The van der Waals surface area contributed by atoms with Gasteiger partial charge in [0, 0.05) is 22.2 Å². The van der Waals surface area contributed by atoms with Crippen LogP contribution in [0.1, 0.15) is 49.6 Å². The molecule has 1 unspecified atom stereocenters. The van der Waals surface area contributed by atoms with Gasteiger partial charge in [0.2, 0.25) is 0 Å². The summed E-state index contributed by atoms with van der Waals surface area (Å²) >= 11 is 9.85. The second-order valence-electron chi connectivity index (χ2n) is 5.00. The molecule has 18 heavy (non-hydrogen) atoms. The minimum atomic E-state index is 0.391. The van der Waals surface area contributed by atoms with E-state index in [4.69, 9.17) is 11.6 Å². The zero-order chi connectivity index (χ0) is 13.2. The lowest BCUT2D eigenvalue weighted by atomic mass is 10.0. The Balaban J connectivity index is 1.99. The van der Waals surface area contributed by atoms with Gasteiger partial charge in [0.05, 0.1) is 4.34 Å². The second kappa shape index (κ2) is 6.17. The highest BCUT2D eigenvalue weighted by Gasteiger charge is 2.29. The maximum absolute atomic E-state index is 6.10. The van der Waals surface area contributed by atoms with Crippen molar-refractivity contribution in [1.29, 1.82) is 0 Å². The third-order valence-corrected chi connectivity index (χ3v) is 7.17. The van der Waals surface area contributed by atoms with Gasteiger partial charge in [-0.1, -0.05) is 25.4 Å². The van der Waals surface area contributed by atoms with Gasteiger partial charge in [0.1, 0.15) is 0 Å². The Labute approximate surface area is 124 Å². The fourth-order valence-corrected chi connectivity index (χ4v) is 4.87. The van der Waals surface area contributed by atoms with Crippen LogP contribution in [0, 0.1) is 0 Å². The molecule has 1 nitrogen and oxygen atoms in total. The van der Waals surface area contributed by atoms with Gasteiger partial charge in [-0.15, -0.1) is 11.3 Å². The van der Waals surface area contributed by atoms with E-state index >= 15 is 0 Å². The fraction of sp³-hybridized carbons (Fsp3) is 0.714. The lowest BCUT2D eigenvalue weighted by molar-refractivity contribution is 0.443. The lowest BCUT2D eigenvalue weighted by Gasteiger charge is -2.31. The number of fused-ring (bicyclic) bond motifs is 1. The van der Waals surface area contributed by atoms with Gasteiger partial charge >= 0.3 is 0 Å². The van der Waals surface area contributed by atoms with E-state index in [0.29, 0.717) is 10.8 Å². The molecule has 0 saturated heterocycles. The molecule has 1 aliphatic rings. The average Bonchev–Trinajstić information content (AvgIpc) is 2.91. The van der Waals surface area contributed by atoms with Crippen molar-refractivity contribution in [2.24, 2.45) is 0 Å². The van der Waals surface area contributed by atoms with Gasteiger partial charge in [0.25, 0.3) is 0 Å². The van der Waals surface area contributed by atoms with Crippen molar-refractivity contribution in [1.82, 2.24) is 5.32 Å². The summed E-state index contributed by atoms with van der Waals surface area (Å²) in [6.45, 7) is 5.69. The Morgan fingerprint density at radius 2 is 2.22 bits per heavy atom. The molecular weight excluding hydrogens is 282 g/mol. The first-order valence-corrected chi connectivity index (χ1v) is 9.12. The summed E-state index contributed by atoms with van der Waals surface area (Å²) in [6.07, 6.45) is 7.10. The smallest absolute Gasteiger partial charge is 0.0934 e. The Kier molecular flexibility index (Phi) is 5.04. The number of aryl methyl sites for hydroxylation is 1. The highest BCUT2D eigenvalue weighted by atomic mass is 35.5. The summed E-state index contributed by atoms with van der Waals surface area (Å²) in [4.78, 5) is 1.49. The fourth-order valence-electron chi connectivity index (χ4n) is 2.71. The predicted octanol–water partition coefficient (Wildman–Crippen LogP) is 4.90. The van der Waals surface area contributed by atoms with Crippen LogP contribution in [0.3, 0.4) is 0 Å². The summed E-state index contributed by atoms with van der Waals surface area (Å²) in [5.41, 5.74) is 1.45. The Hall–Kier alpha value is 0.300. The molecule has 0 saturated carbocycles. The van der Waals surface area contributed by atoms with Crippen LogP contribution in [0.2, 0.25) is 4.34 Å². The van der Waals surface area contributed by atoms with Crippen molar-refractivity contribution in [3.05, 3.63) is 20.8 Å².